The van der Waals surface area contributed by atoms with E-state index in [0.29, 0.717) is 5.56 Å². The maximum Gasteiger partial charge on any atom is 0.304 e. The van der Waals surface area contributed by atoms with Gasteiger partial charge < -0.3 is 4.81 Å². The zero-order valence-electron chi connectivity index (χ0n) is 24.5. The summed E-state index contributed by atoms with van der Waals surface area (Å²) < 4.78 is 2.18. The molecule has 2 aromatic heterocycles. The Bertz CT molecular complexity index is 2310. The van der Waals surface area contributed by atoms with Crippen molar-refractivity contribution in [1.29, 1.82) is 5.26 Å². The quantitative estimate of drug-likeness (QED) is 0.198. The Balaban J connectivity index is 1.24. The molecule has 2 aliphatic heterocycles. The van der Waals surface area contributed by atoms with Gasteiger partial charge in [0.15, 0.2) is 0 Å². The molecule has 206 valence electrons. The van der Waals surface area contributed by atoms with Gasteiger partial charge >= 0.3 is 6.85 Å². The Morgan fingerprint density at radius 3 is 2.36 bits per heavy atom. The van der Waals surface area contributed by atoms with Crippen LogP contribution in [0, 0.1) is 11.3 Å². The summed E-state index contributed by atoms with van der Waals surface area (Å²) in [6.07, 6.45) is 1.83. The lowest BCUT2D eigenvalue weighted by molar-refractivity contribution is 0.759. The van der Waals surface area contributed by atoms with Crippen molar-refractivity contribution in [1.82, 2.24) is 9.55 Å². The van der Waals surface area contributed by atoms with Crippen LogP contribution in [-0.4, -0.2) is 16.4 Å². The topological polar surface area (TPSA) is 44.9 Å². The summed E-state index contributed by atoms with van der Waals surface area (Å²) in [5.74, 6) is 0. The van der Waals surface area contributed by atoms with Crippen molar-refractivity contribution in [3.63, 3.8) is 0 Å². The lowest BCUT2D eigenvalue weighted by Gasteiger charge is -2.38. The number of pyridine rings is 1. The lowest BCUT2D eigenvalue weighted by Crippen LogP contribution is -2.55. The molecular formula is C39H27BN4. The van der Waals surface area contributed by atoms with Crippen LogP contribution in [0.5, 0.6) is 0 Å². The average Bonchev–Trinajstić information content (AvgIpc) is 3.53. The number of nitrogens with zero attached hydrogens (tertiary/aromatic N) is 4. The van der Waals surface area contributed by atoms with Gasteiger partial charge in [0.05, 0.1) is 17.1 Å². The second-order valence-corrected chi connectivity index (χ2v) is 12.4. The van der Waals surface area contributed by atoms with Crippen LogP contribution in [0.1, 0.15) is 25.0 Å². The Kier molecular flexibility index (Phi) is 5.08. The molecule has 0 aliphatic carbocycles. The minimum Gasteiger partial charge on any atom is -0.380 e. The highest BCUT2D eigenvalue weighted by Crippen LogP contribution is 2.52. The third-order valence-corrected chi connectivity index (χ3v) is 9.67. The van der Waals surface area contributed by atoms with E-state index in [1.165, 1.54) is 33.5 Å². The maximum absolute atomic E-state index is 10.1. The molecule has 0 unspecified atom stereocenters. The molecule has 0 spiro atoms. The largest absolute Gasteiger partial charge is 0.380 e. The zero-order valence-corrected chi connectivity index (χ0v) is 24.5. The molecule has 7 aromatic rings. The summed E-state index contributed by atoms with van der Waals surface area (Å²) >= 11 is 0. The first-order valence-electron chi connectivity index (χ1n) is 15.1. The van der Waals surface area contributed by atoms with Gasteiger partial charge in [-0.1, -0.05) is 80.6 Å². The van der Waals surface area contributed by atoms with Crippen LogP contribution in [0.2, 0.25) is 0 Å². The van der Waals surface area contributed by atoms with E-state index in [1.807, 2.05) is 24.4 Å². The highest BCUT2D eigenvalue weighted by Gasteiger charge is 2.52. The minimum absolute atomic E-state index is 0.151. The summed E-state index contributed by atoms with van der Waals surface area (Å²) in [5, 5.41) is 12.2. The normalized spacial score (nSPS) is 14.2. The highest BCUT2D eigenvalue weighted by molar-refractivity contribution is 6.84. The number of anilines is 2. The number of rotatable bonds is 2. The summed E-state index contributed by atoms with van der Waals surface area (Å²) in [5.41, 5.74) is 13.4. The standard InChI is InChI=1S/C39H27BN4/c1-39(2)33-23-26(17-18-37(33)44-36-16-8-5-11-30(36)29-10-3-6-14-34(29)40(39)44)27-20-25(24-41)21-28(22-27)43-35-15-7-4-12-31(35)32-13-9-19-42-38(32)43/h3-23H,1-2H3. The fraction of sp³-hybridized carbons (Fsp3) is 0.0769. The number of benzene rings is 5. The molecule has 0 bridgehead atoms. The molecule has 0 N–H and O–H groups in total. The van der Waals surface area contributed by atoms with Crippen molar-refractivity contribution < 1.29 is 0 Å². The van der Waals surface area contributed by atoms with E-state index in [4.69, 9.17) is 4.98 Å². The molecule has 0 saturated heterocycles. The van der Waals surface area contributed by atoms with Gasteiger partial charge in [-0.25, -0.2) is 4.98 Å². The third-order valence-electron chi connectivity index (χ3n) is 9.67. The molecule has 4 heterocycles. The predicted molar refractivity (Wildman–Crippen MR) is 181 cm³/mol. The number of para-hydroxylation sites is 2. The predicted octanol–water partition coefficient (Wildman–Crippen LogP) is 8.56. The van der Waals surface area contributed by atoms with Gasteiger partial charge in [-0.2, -0.15) is 5.26 Å². The van der Waals surface area contributed by atoms with E-state index in [0.717, 1.165) is 38.8 Å². The van der Waals surface area contributed by atoms with Crippen molar-refractivity contribution in [2.24, 2.45) is 0 Å². The van der Waals surface area contributed by atoms with Gasteiger partial charge in [0.25, 0.3) is 0 Å². The van der Waals surface area contributed by atoms with Crippen molar-refractivity contribution in [2.45, 2.75) is 19.2 Å². The van der Waals surface area contributed by atoms with Gasteiger partial charge in [-0.05, 0) is 87.6 Å². The van der Waals surface area contributed by atoms with Crippen molar-refractivity contribution in [3.05, 3.63) is 139 Å². The molecule has 4 nitrogen and oxygen atoms in total. The zero-order chi connectivity index (χ0) is 29.6. The highest BCUT2D eigenvalue weighted by atomic mass is 15.1. The van der Waals surface area contributed by atoms with Crippen LogP contribution in [0.15, 0.2) is 128 Å². The SMILES string of the molecule is CC1(C)B2c3ccccc3-c3ccccc3N2c2ccc(-c3cc(C#N)cc(-n4c5ccccc5c5cccnc54)c3)cc21. The van der Waals surface area contributed by atoms with Gasteiger partial charge in [0.1, 0.15) is 5.65 Å². The van der Waals surface area contributed by atoms with E-state index in [-0.39, 0.29) is 12.2 Å². The number of nitriles is 1. The average molecular weight is 562 g/mol. The Hall–Kier alpha value is -5.60. The fourth-order valence-corrected chi connectivity index (χ4v) is 7.77. The first kappa shape index (κ1) is 25.0. The molecule has 0 radical (unpaired) electrons. The molecule has 5 aromatic carbocycles. The minimum atomic E-state index is -0.151. The molecule has 0 fully saturated rings. The molecule has 0 saturated carbocycles. The first-order chi connectivity index (χ1) is 21.5. The van der Waals surface area contributed by atoms with Crippen LogP contribution in [0.25, 0.3) is 49.9 Å². The molecule has 0 atom stereocenters. The van der Waals surface area contributed by atoms with Gasteiger partial charge in [-0.15, -0.1) is 0 Å². The van der Waals surface area contributed by atoms with Crippen LogP contribution < -0.4 is 10.3 Å². The number of hydrogen-bond donors (Lipinski definition) is 0. The lowest BCUT2D eigenvalue weighted by atomic mass is 9.37. The number of aromatic nitrogens is 2. The molecule has 5 heteroatoms. The monoisotopic (exact) mass is 562 g/mol. The molecular weight excluding hydrogens is 535 g/mol. The second-order valence-electron chi connectivity index (χ2n) is 12.4. The van der Waals surface area contributed by atoms with E-state index in [9.17, 15) is 5.26 Å². The molecule has 0 amide bonds. The Morgan fingerprint density at radius 1 is 0.705 bits per heavy atom. The number of hydrogen-bond acceptors (Lipinski definition) is 3. The smallest absolute Gasteiger partial charge is 0.304 e. The fourth-order valence-electron chi connectivity index (χ4n) is 7.77. The van der Waals surface area contributed by atoms with Gasteiger partial charge in [-0.3, -0.25) is 4.57 Å². The van der Waals surface area contributed by atoms with E-state index < -0.39 is 0 Å². The van der Waals surface area contributed by atoms with Crippen LogP contribution in [-0.2, 0) is 5.31 Å². The molecule has 9 rings (SSSR count). The van der Waals surface area contributed by atoms with Crippen molar-refractivity contribution >= 4 is 45.6 Å². The Labute approximate surface area is 256 Å². The van der Waals surface area contributed by atoms with Gasteiger partial charge in [0.2, 0.25) is 0 Å². The third kappa shape index (κ3) is 3.31. The van der Waals surface area contributed by atoms with Crippen LogP contribution in [0.3, 0.4) is 0 Å². The summed E-state index contributed by atoms with van der Waals surface area (Å²) in [6, 6.07) is 45.5. The first-order valence-corrected chi connectivity index (χ1v) is 15.1. The number of fused-ring (bicyclic) bond motifs is 11. The molecule has 44 heavy (non-hydrogen) atoms. The van der Waals surface area contributed by atoms with Crippen molar-refractivity contribution in [3.8, 4) is 34.0 Å². The van der Waals surface area contributed by atoms with Crippen LogP contribution in [0.4, 0.5) is 11.4 Å². The van der Waals surface area contributed by atoms with E-state index in [2.05, 4.69) is 132 Å². The molecule has 2 aliphatic rings. The Morgan fingerprint density at radius 2 is 1.48 bits per heavy atom. The summed E-state index contributed by atoms with van der Waals surface area (Å²) in [4.78, 5) is 7.31. The maximum atomic E-state index is 10.1. The summed E-state index contributed by atoms with van der Waals surface area (Å²) in [7, 11) is 0. The van der Waals surface area contributed by atoms with Gasteiger partial charge in [0, 0.05) is 39.6 Å². The second kappa shape index (κ2) is 8.95. The van der Waals surface area contributed by atoms with Crippen LogP contribution >= 0.6 is 0 Å². The summed E-state index contributed by atoms with van der Waals surface area (Å²) in [6.45, 7) is 4.92. The van der Waals surface area contributed by atoms with Crippen molar-refractivity contribution in [2.75, 3.05) is 4.81 Å². The van der Waals surface area contributed by atoms with E-state index in [1.54, 1.807) is 0 Å². The van der Waals surface area contributed by atoms with E-state index >= 15 is 0 Å².